The third-order valence-electron chi connectivity index (χ3n) is 4.28. The Morgan fingerprint density at radius 3 is 2.11 bits per heavy atom. The van der Waals surface area contributed by atoms with Crippen molar-refractivity contribution < 1.29 is 5.11 Å². The summed E-state index contributed by atoms with van der Waals surface area (Å²) in [6, 6.07) is 8.50. The zero-order valence-corrected chi connectivity index (χ0v) is 12.5. The Hall–Kier alpha value is -0.820. The highest BCUT2D eigenvalue weighted by atomic mass is 16.3. The van der Waals surface area contributed by atoms with E-state index in [1.807, 2.05) is 0 Å². The molecule has 0 bridgehead atoms. The van der Waals surface area contributed by atoms with Crippen molar-refractivity contribution in [3.63, 3.8) is 0 Å². The van der Waals surface area contributed by atoms with Crippen molar-refractivity contribution in [3.8, 4) is 0 Å². The molecule has 0 spiro atoms. The molecule has 0 aromatic heterocycles. The lowest BCUT2D eigenvalue weighted by Crippen LogP contribution is -2.15. The van der Waals surface area contributed by atoms with Crippen LogP contribution >= 0.6 is 0 Å². The zero-order valence-electron chi connectivity index (χ0n) is 12.5. The Bertz CT molecular complexity index is 350. The number of rotatable bonds is 6. The molecule has 0 aliphatic carbocycles. The molecule has 1 heteroatoms. The van der Waals surface area contributed by atoms with Crippen LogP contribution in [0.2, 0.25) is 0 Å². The second-order valence-electron chi connectivity index (χ2n) is 6.12. The van der Waals surface area contributed by atoms with Crippen LogP contribution in [0.25, 0.3) is 0 Å². The van der Waals surface area contributed by atoms with E-state index in [1.165, 1.54) is 5.56 Å². The predicted molar refractivity (Wildman–Crippen MR) is 78.8 cm³/mol. The second-order valence-corrected chi connectivity index (χ2v) is 6.12. The number of benzene rings is 1. The minimum absolute atomic E-state index is 0.222. The summed E-state index contributed by atoms with van der Waals surface area (Å²) in [5, 5.41) is 10.2. The fourth-order valence-corrected chi connectivity index (χ4v) is 2.04. The predicted octanol–water partition coefficient (Wildman–Crippen LogP) is 4.84. The molecule has 0 fully saturated rings. The molecule has 0 saturated heterocycles. The van der Waals surface area contributed by atoms with E-state index >= 15 is 0 Å². The molecule has 2 atom stereocenters. The maximum atomic E-state index is 10.2. The molecule has 0 heterocycles. The van der Waals surface area contributed by atoms with Gasteiger partial charge in [-0.05, 0) is 35.3 Å². The van der Waals surface area contributed by atoms with E-state index in [-0.39, 0.29) is 11.5 Å². The second kappa shape index (κ2) is 6.38. The summed E-state index contributed by atoms with van der Waals surface area (Å²) < 4.78 is 0. The highest BCUT2D eigenvalue weighted by Crippen LogP contribution is 2.29. The zero-order chi connectivity index (χ0) is 13.8. The van der Waals surface area contributed by atoms with Crippen LogP contribution in [0, 0.1) is 5.92 Å². The third-order valence-corrected chi connectivity index (χ3v) is 4.28. The lowest BCUT2D eigenvalue weighted by Gasteiger charge is -2.24. The van der Waals surface area contributed by atoms with Gasteiger partial charge < -0.3 is 5.11 Å². The smallest absolute Gasteiger partial charge is 0.0792 e. The van der Waals surface area contributed by atoms with Gasteiger partial charge in [0.05, 0.1) is 6.10 Å². The highest BCUT2D eigenvalue weighted by Gasteiger charge is 2.18. The van der Waals surface area contributed by atoms with Gasteiger partial charge >= 0.3 is 0 Å². The van der Waals surface area contributed by atoms with Crippen molar-refractivity contribution in [1.82, 2.24) is 0 Å². The summed E-state index contributed by atoms with van der Waals surface area (Å²) in [5.41, 5.74) is 2.62. The fourth-order valence-electron chi connectivity index (χ4n) is 2.04. The maximum absolute atomic E-state index is 10.2. The molecule has 0 saturated carbocycles. The molecule has 102 valence electrons. The van der Waals surface area contributed by atoms with Crippen LogP contribution in [0.1, 0.15) is 71.1 Å². The van der Waals surface area contributed by atoms with Crippen LogP contribution < -0.4 is 0 Å². The topological polar surface area (TPSA) is 20.2 Å². The van der Waals surface area contributed by atoms with E-state index in [1.54, 1.807) is 0 Å². The standard InChI is InChI=1S/C17H28O/c1-6-13(3)12-16(18)14-8-10-15(11-9-14)17(4,5)7-2/h8-11,13,16,18H,6-7,12H2,1-5H3. The number of hydrogen-bond acceptors (Lipinski definition) is 1. The van der Waals surface area contributed by atoms with Crippen LogP contribution in [0.5, 0.6) is 0 Å². The first-order chi connectivity index (χ1) is 8.40. The largest absolute Gasteiger partial charge is 0.388 e. The number of hydrogen-bond donors (Lipinski definition) is 1. The average molecular weight is 248 g/mol. The monoisotopic (exact) mass is 248 g/mol. The van der Waals surface area contributed by atoms with E-state index in [2.05, 4.69) is 58.9 Å². The first kappa shape index (κ1) is 15.2. The summed E-state index contributed by atoms with van der Waals surface area (Å²) in [7, 11) is 0. The molecule has 18 heavy (non-hydrogen) atoms. The number of aliphatic hydroxyl groups excluding tert-OH is 1. The molecule has 0 amide bonds. The van der Waals surface area contributed by atoms with Gasteiger partial charge in [-0.15, -0.1) is 0 Å². The molecule has 1 aromatic rings. The van der Waals surface area contributed by atoms with Gasteiger partial charge in [0.1, 0.15) is 0 Å². The van der Waals surface area contributed by atoms with Gasteiger partial charge in [-0.25, -0.2) is 0 Å². The van der Waals surface area contributed by atoms with Crippen molar-refractivity contribution in [1.29, 1.82) is 0 Å². The van der Waals surface area contributed by atoms with Gasteiger partial charge in [-0.3, -0.25) is 0 Å². The summed E-state index contributed by atoms with van der Waals surface area (Å²) in [6.07, 6.45) is 2.78. The molecule has 0 aliphatic heterocycles. The summed E-state index contributed by atoms with van der Waals surface area (Å²) in [5.74, 6) is 0.576. The fraction of sp³-hybridized carbons (Fsp3) is 0.647. The minimum Gasteiger partial charge on any atom is -0.388 e. The van der Waals surface area contributed by atoms with E-state index in [0.29, 0.717) is 5.92 Å². The van der Waals surface area contributed by atoms with Crippen molar-refractivity contribution in [2.45, 2.75) is 65.4 Å². The lowest BCUT2D eigenvalue weighted by molar-refractivity contribution is 0.146. The van der Waals surface area contributed by atoms with Crippen LogP contribution in [-0.2, 0) is 5.41 Å². The van der Waals surface area contributed by atoms with Crippen molar-refractivity contribution in [2.75, 3.05) is 0 Å². The van der Waals surface area contributed by atoms with E-state index in [0.717, 1.165) is 24.8 Å². The third kappa shape index (κ3) is 3.84. The average Bonchev–Trinajstić information content (AvgIpc) is 2.38. The van der Waals surface area contributed by atoms with E-state index in [4.69, 9.17) is 0 Å². The molecule has 1 nitrogen and oxygen atoms in total. The van der Waals surface area contributed by atoms with Gasteiger partial charge in [-0.2, -0.15) is 0 Å². The van der Waals surface area contributed by atoms with Gasteiger partial charge in [0, 0.05) is 0 Å². The molecule has 1 N–H and O–H groups in total. The minimum atomic E-state index is -0.321. The van der Waals surface area contributed by atoms with Crippen LogP contribution in [0.15, 0.2) is 24.3 Å². The van der Waals surface area contributed by atoms with E-state index < -0.39 is 0 Å². The Balaban J connectivity index is 2.76. The van der Waals surface area contributed by atoms with Crippen molar-refractivity contribution >= 4 is 0 Å². The quantitative estimate of drug-likeness (QED) is 0.763. The van der Waals surface area contributed by atoms with E-state index in [9.17, 15) is 5.11 Å². The van der Waals surface area contributed by atoms with Gasteiger partial charge in [0.15, 0.2) is 0 Å². The molecule has 0 radical (unpaired) electrons. The molecular formula is C17H28O. The lowest BCUT2D eigenvalue weighted by atomic mass is 9.81. The Kier molecular flexibility index (Phi) is 5.40. The summed E-state index contributed by atoms with van der Waals surface area (Å²) >= 11 is 0. The molecular weight excluding hydrogens is 220 g/mol. The molecule has 1 rings (SSSR count). The van der Waals surface area contributed by atoms with Crippen molar-refractivity contribution in [2.24, 2.45) is 5.92 Å². The van der Waals surface area contributed by atoms with Gasteiger partial charge in [-0.1, -0.05) is 65.3 Å². The summed E-state index contributed by atoms with van der Waals surface area (Å²) in [6.45, 7) is 11.1. The van der Waals surface area contributed by atoms with Gasteiger partial charge in [0.25, 0.3) is 0 Å². The molecule has 0 aliphatic rings. The maximum Gasteiger partial charge on any atom is 0.0792 e. The van der Waals surface area contributed by atoms with Crippen LogP contribution in [-0.4, -0.2) is 5.11 Å². The highest BCUT2D eigenvalue weighted by molar-refractivity contribution is 5.29. The molecule has 1 aromatic carbocycles. The van der Waals surface area contributed by atoms with Crippen LogP contribution in [0.3, 0.4) is 0 Å². The van der Waals surface area contributed by atoms with Crippen LogP contribution in [0.4, 0.5) is 0 Å². The Labute approximate surface area is 112 Å². The Morgan fingerprint density at radius 2 is 1.67 bits per heavy atom. The first-order valence-electron chi connectivity index (χ1n) is 7.19. The normalized spacial score (nSPS) is 15.4. The SMILES string of the molecule is CCC(C)CC(O)c1ccc(C(C)(C)CC)cc1. The molecule has 2 unspecified atom stereocenters. The summed E-state index contributed by atoms with van der Waals surface area (Å²) in [4.78, 5) is 0. The van der Waals surface area contributed by atoms with Gasteiger partial charge in [0.2, 0.25) is 0 Å². The number of aliphatic hydroxyl groups is 1. The first-order valence-corrected chi connectivity index (χ1v) is 7.19. The van der Waals surface area contributed by atoms with Crippen molar-refractivity contribution in [3.05, 3.63) is 35.4 Å². The Morgan fingerprint density at radius 1 is 1.11 bits per heavy atom.